The van der Waals surface area contributed by atoms with Crippen LogP contribution >= 0.6 is 0 Å². The largest absolute Gasteiger partial charge is 0.462 e. The number of nitrogens with zero attached hydrogens (tertiary/aromatic N) is 2. The van der Waals surface area contributed by atoms with Crippen molar-refractivity contribution in [1.82, 2.24) is 4.90 Å². The molecule has 0 unspecified atom stereocenters. The highest BCUT2D eigenvalue weighted by molar-refractivity contribution is 5.98. The van der Waals surface area contributed by atoms with Crippen molar-refractivity contribution in [2.75, 3.05) is 43.0 Å². The third kappa shape index (κ3) is 6.57. The number of esters is 1. The van der Waals surface area contributed by atoms with Crippen LogP contribution in [-0.2, 0) is 9.53 Å². The highest BCUT2D eigenvalue weighted by Crippen LogP contribution is 2.29. The molecule has 2 aromatic rings. The Morgan fingerprint density at radius 2 is 1.64 bits per heavy atom. The van der Waals surface area contributed by atoms with Gasteiger partial charge in [-0.25, -0.2) is 4.79 Å². The summed E-state index contributed by atoms with van der Waals surface area (Å²) >= 11 is 0. The van der Waals surface area contributed by atoms with Crippen LogP contribution in [0.5, 0.6) is 0 Å². The Labute approximate surface area is 195 Å². The van der Waals surface area contributed by atoms with Crippen molar-refractivity contribution in [3.05, 3.63) is 59.7 Å². The molecule has 1 heterocycles. The van der Waals surface area contributed by atoms with Gasteiger partial charge in [-0.15, -0.1) is 0 Å². The smallest absolute Gasteiger partial charge is 0.338 e. The van der Waals surface area contributed by atoms with Crippen molar-refractivity contribution >= 4 is 29.2 Å². The molecular weight excluding hydrogens is 418 g/mol. The lowest BCUT2D eigenvalue weighted by atomic mass is 10.1. The van der Waals surface area contributed by atoms with Crippen LogP contribution in [0, 0.1) is 0 Å². The van der Waals surface area contributed by atoms with Gasteiger partial charge in [0.05, 0.1) is 23.5 Å². The van der Waals surface area contributed by atoms with Crippen molar-refractivity contribution in [3.63, 3.8) is 0 Å². The number of carbonyl (C=O) groups excluding carboxylic acids is 3. The number of unbranched alkanes of at least 4 members (excludes halogenated alkanes) is 2. The third-order valence-corrected chi connectivity index (χ3v) is 5.72. The first kappa shape index (κ1) is 24.3. The number of ether oxygens (including phenoxy) is 1. The first-order valence-electron chi connectivity index (χ1n) is 11.7. The fraction of sp³-hybridized carbons (Fsp3) is 0.423. The van der Waals surface area contributed by atoms with Gasteiger partial charge in [-0.3, -0.25) is 9.59 Å². The van der Waals surface area contributed by atoms with Gasteiger partial charge in [-0.2, -0.15) is 0 Å². The SMILES string of the molecule is CCCCCC(=O)Nc1cc(C(=O)OCC)ccc1N1CCN(C(=O)c2ccccc2)CC1. The van der Waals surface area contributed by atoms with Gasteiger partial charge in [0.25, 0.3) is 5.91 Å². The third-order valence-electron chi connectivity index (χ3n) is 5.72. The van der Waals surface area contributed by atoms with E-state index in [0.29, 0.717) is 49.4 Å². The molecule has 7 heteroatoms. The van der Waals surface area contributed by atoms with Crippen LogP contribution in [0.3, 0.4) is 0 Å². The van der Waals surface area contributed by atoms with Crippen LogP contribution in [0.15, 0.2) is 48.5 Å². The second-order valence-corrected chi connectivity index (χ2v) is 8.10. The summed E-state index contributed by atoms with van der Waals surface area (Å²) in [5.41, 5.74) is 2.54. The highest BCUT2D eigenvalue weighted by Gasteiger charge is 2.24. The molecule has 1 aliphatic rings. The molecule has 33 heavy (non-hydrogen) atoms. The van der Waals surface area contributed by atoms with Crippen LogP contribution in [0.25, 0.3) is 0 Å². The number of nitrogens with one attached hydrogen (secondary N) is 1. The van der Waals surface area contributed by atoms with E-state index in [-0.39, 0.29) is 18.4 Å². The van der Waals surface area contributed by atoms with Crippen molar-refractivity contribution in [2.24, 2.45) is 0 Å². The second kappa shape index (κ2) is 12.0. The summed E-state index contributed by atoms with van der Waals surface area (Å²) in [6, 6.07) is 14.5. The van der Waals surface area contributed by atoms with E-state index in [1.54, 1.807) is 19.1 Å². The van der Waals surface area contributed by atoms with Gasteiger partial charge in [0.15, 0.2) is 0 Å². The maximum absolute atomic E-state index is 12.8. The Morgan fingerprint density at radius 1 is 0.909 bits per heavy atom. The first-order valence-corrected chi connectivity index (χ1v) is 11.7. The molecule has 0 bridgehead atoms. The number of benzene rings is 2. The predicted molar refractivity (Wildman–Crippen MR) is 130 cm³/mol. The van der Waals surface area contributed by atoms with Gasteiger partial charge in [0.2, 0.25) is 5.91 Å². The molecule has 2 aromatic carbocycles. The summed E-state index contributed by atoms with van der Waals surface area (Å²) in [7, 11) is 0. The molecule has 1 aliphatic heterocycles. The van der Waals surface area contributed by atoms with Gasteiger partial charge < -0.3 is 19.9 Å². The lowest BCUT2D eigenvalue weighted by Gasteiger charge is -2.37. The minimum atomic E-state index is -0.413. The maximum Gasteiger partial charge on any atom is 0.338 e. The Kier molecular flexibility index (Phi) is 8.87. The molecule has 1 fully saturated rings. The second-order valence-electron chi connectivity index (χ2n) is 8.10. The number of carbonyl (C=O) groups is 3. The lowest BCUT2D eigenvalue weighted by Crippen LogP contribution is -2.49. The zero-order valence-electron chi connectivity index (χ0n) is 19.5. The standard InChI is InChI=1S/C26H33N3O4/c1-3-5-7-12-24(30)27-22-19-21(26(32)33-4-2)13-14-23(22)28-15-17-29(18-16-28)25(31)20-10-8-6-9-11-20/h6,8-11,13-14,19H,3-5,7,12,15-18H2,1-2H3,(H,27,30). The average molecular weight is 452 g/mol. The van der Waals surface area contributed by atoms with E-state index in [1.807, 2.05) is 41.3 Å². The normalized spacial score (nSPS) is 13.5. The monoisotopic (exact) mass is 451 g/mol. The van der Waals surface area contributed by atoms with E-state index in [4.69, 9.17) is 4.74 Å². The summed E-state index contributed by atoms with van der Waals surface area (Å²) in [5, 5.41) is 3.00. The van der Waals surface area contributed by atoms with E-state index in [0.717, 1.165) is 24.9 Å². The molecule has 3 rings (SSSR count). The minimum Gasteiger partial charge on any atom is -0.462 e. The Hall–Kier alpha value is -3.35. The van der Waals surface area contributed by atoms with Crippen molar-refractivity contribution in [2.45, 2.75) is 39.5 Å². The van der Waals surface area contributed by atoms with Gasteiger partial charge >= 0.3 is 5.97 Å². The zero-order chi connectivity index (χ0) is 23.6. The quantitative estimate of drug-likeness (QED) is 0.453. The van der Waals surface area contributed by atoms with E-state index >= 15 is 0 Å². The van der Waals surface area contributed by atoms with Crippen LogP contribution in [0.4, 0.5) is 11.4 Å². The van der Waals surface area contributed by atoms with Crippen LogP contribution in [0.1, 0.15) is 60.2 Å². The molecule has 176 valence electrons. The predicted octanol–water partition coefficient (Wildman–Crippen LogP) is 4.34. The summed E-state index contributed by atoms with van der Waals surface area (Å²) in [4.78, 5) is 41.5. The zero-order valence-corrected chi connectivity index (χ0v) is 19.5. The number of rotatable bonds is 9. The van der Waals surface area contributed by atoms with E-state index in [2.05, 4.69) is 17.1 Å². The molecule has 0 atom stereocenters. The molecule has 1 N–H and O–H groups in total. The molecule has 0 aromatic heterocycles. The summed E-state index contributed by atoms with van der Waals surface area (Å²) in [6.45, 7) is 6.58. The number of hydrogen-bond acceptors (Lipinski definition) is 5. The molecule has 2 amide bonds. The van der Waals surface area contributed by atoms with Crippen molar-refractivity contribution < 1.29 is 19.1 Å². The lowest BCUT2D eigenvalue weighted by molar-refractivity contribution is -0.116. The van der Waals surface area contributed by atoms with Gasteiger partial charge in [0.1, 0.15) is 0 Å². The number of piperazine rings is 1. The Morgan fingerprint density at radius 3 is 2.30 bits per heavy atom. The van der Waals surface area contributed by atoms with E-state index in [1.165, 1.54) is 0 Å². The Balaban J connectivity index is 1.73. The molecule has 0 radical (unpaired) electrons. The number of anilines is 2. The molecule has 0 saturated carbocycles. The van der Waals surface area contributed by atoms with Gasteiger partial charge in [0, 0.05) is 38.2 Å². The summed E-state index contributed by atoms with van der Waals surface area (Å²) < 4.78 is 5.13. The van der Waals surface area contributed by atoms with E-state index < -0.39 is 5.97 Å². The average Bonchev–Trinajstić information content (AvgIpc) is 2.84. The topological polar surface area (TPSA) is 79.0 Å². The molecular formula is C26H33N3O4. The molecule has 0 aliphatic carbocycles. The Bertz CT molecular complexity index is 953. The summed E-state index contributed by atoms with van der Waals surface area (Å²) in [6.07, 6.45) is 3.31. The number of amides is 2. The molecule has 1 saturated heterocycles. The minimum absolute atomic E-state index is 0.0253. The van der Waals surface area contributed by atoms with Gasteiger partial charge in [-0.05, 0) is 43.7 Å². The van der Waals surface area contributed by atoms with Crippen molar-refractivity contribution in [3.8, 4) is 0 Å². The van der Waals surface area contributed by atoms with Crippen LogP contribution in [-0.4, -0.2) is 55.5 Å². The number of hydrogen-bond donors (Lipinski definition) is 1. The summed E-state index contributed by atoms with van der Waals surface area (Å²) in [5.74, 6) is -0.454. The highest BCUT2D eigenvalue weighted by atomic mass is 16.5. The molecule has 0 spiro atoms. The van der Waals surface area contributed by atoms with Crippen molar-refractivity contribution in [1.29, 1.82) is 0 Å². The first-order chi connectivity index (χ1) is 16.0. The fourth-order valence-corrected chi connectivity index (χ4v) is 3.92. The maximum atomic E-state index is 12.8. The van der Waals surface area contributed by atoms with Crippen LogP contribution in [0.2, 0.25) is 0 Å². The van der Waals surface area contributed by atoms with Gasteiger partial charge in [-0.1, -0.05) is 38.0 Å². The molecule has 7 nitrogen and oxygen atoms in total. The fourth-order valence-electron chi connectivity index (χ4n) is 3.92. The van der Waals surface area contributed by atoms with Crippen LogP contribution < -0.4 is 10.2 Å². The van der Waals surface area contributed by atoms with E-state index in [9.17, 15) is 14.4 Å².